The molecule has 1 aromatic carbocycles. The fourth-order valence-electron chi connectivity index (χ4n) is 3.25. The number of benzene rings is 1. The average Bonchev–Trinajstić information content (AvgIpc) is 2.76. The van der Waals surface area contributed by atoms with Gasteiger partial charge in [-0.1, -0.05) is 37.3 Å². The van der Waals surface area contributed by atoms with E-state index >= 15 is 0 Å². The quantitative estimate of drug-likeness (QED) is 0.578. The molecule has 0 N–H and O–H groups in total. The maximum Gasteiger partial charge on any atom is 0.462 e. The maximum atomic E-state index is 12.0. The third-order valence-corrected chi connectivity index (χ3v) is 5.44. The summed E-state index contributed by atoms with van der Waals surface area (Å²) < 4.78 is 17.4. The zero-order valence-corrected chi connectivity index (χ0v) is 15.7. The molecule has 1 aliphatic heterocycles. The predicted octanol–water partition coefficient (Wildman–Crippen LogP) is 4.21. The van der Waals surface area contributed by atoms with Gasteiger partial charge in [-0.2, -0.15) is 0 Å². The van der Waals surface area contributed by atoms with E-state index < -0.39 is 18.3 Å². The van der Waals surface area contributed by atoms with Crippen molar-refractivity contribution in [3.63, 3.8) is 0 Å². The van der Waals surface area contributed by atoms with E-state index in [4.69, 9.17) is 14.0 Å². The molecule has 1 aromatic rings. The summed E-state index contributed by atoms with van der Waals surface area (Å²) in [5, 5.41) is 0. The van der Waals surface area contributed by atoms with Crippen LogP contribution in [0.2, 0.25) is 5.82 Å². The summed E-state index contributed by atoms with van der Waals surface area (Å²) in [5.74, 6) is -0.157. The summed E-state index contributed by atoms with van der Waals surface area (Å²) in [6, 6.07) is 10.3. The van der Waals surface area contributed by atoms with Gasteiger partial charge in [-0.3, -0.25) is 4.79 Å². The Morgan fingerprint density at radius 2 is 1.67 bits per heavy atom. The standard InChI is InChI=1S/C19H29BO4/c1-7-15(14-11-9-8-10-12-14)16(13-17(21)22-6)20-23-18(2,3)19(4,5)24-20/h8-12,15-16H,7,13H2,1-6H3/t15-,16+/m0/s1. The van der Waals surface area contributed by atoms with Crippen molar-refractivity contribution >= 4 is 13.1 Å². The van der Waals surface area contributed by atoms with Crippen LogP contribution in [-0.2, 0) is 18.8 Å². The third kappa shape index (κ3) is 3.84. The highest BCUT2D eigenvalue weighted by Gasteiger charge is 2.55. The normalized spacial score (nSPS) is 21.3. The lowest BCUT2D eigenvalue weighted by atomic mass is 9.61. The van der Waals surface area contributed by atoms with E-state index in [0.29, 0.717) is 0 Å². The fraction of sp³-hybridized carbons (Fsp3) is 0.632. The number of rotatable bonds is 6. The molecule has 0 saturated carbocycles. The Hall–Kier alpha value is -1.33. The lowest BCUT2D eigenvalue weighted by molar-refractivity contribution is -0.140. The van der Waals surface area contributed by atoms with E-state index in [1.54, 1.807) is 0 Å². The van der Waals surface area contributed by atoms with Gasteiger partial charge in [0.2, 0.25) is 0 Å². The van der Waals surface area contributed by atoms with Crippen molar-refractivity contribution < 1.29 is 18.8 Å². The SMILES string of the molecule is CC[C@@H](c1ccccc1)[C@@H](CC(=O)OC)B1OC(C)(C)C(C)(C)O1. The van der Waals surface area contributed by atoms with Gasteiger partial charge in [-0.15, -0.1) is 0 Å². The lowest BCUT2D eigenvalue weighted by Gasteiger charge is -2.32. The van der Waals surface area contributed by atoms with E-state index in [0.717, 1.165) is 6.42 Å². The van der Waals surface area contributed by atoms with E-state index in [2.05, 4.69) is 19.1 Å². The van der Waals surface area contributed by atoms with Gasteiger partial charge in [-0.05, 0) is 45.6 Å². The van der Waals surface area contributed by atoms with Crippen LogP contribution < -0.4 is 0 Å². The predicted molar refractivity (Wildman–Crippen MR) is 95.9 cm³/mol. The van der Waals surface area contributed by atoms with Gasteiger partial charge in [0.15, 0.2) is 0 Å². The molecule has 1 saturated heterocycles. The van der Waals surface area contributed by atoms with Crippen LogP contribution in [0.15, 0.2) is 30.3 Å². The van der Waals surface area contributed by atoms with Crippen molar-refractivity contribution in [2.75, 3.05) is 7.11 Å². The number of hydrogen-bond donors (Lipinski definition) is 0. The topological polar surface area (TPSA) is 44.8 Å². The third-order valence-electron chi connectivity index (χ3n) is 5.44. The average molecular weight is 332 g/mol. The summed E-state index contributed by atoms with van der Waals surface area (Å²) in [7, 11) is 0.992. The summed E-state index contributed by atoms with van der Waals surface area (Å²) in [4.78, 5) is 12.0. The van der Waals surface area contributed by atoms with Crippen molar-refractivity contribution in [3.05, 3.63) is 35.9 Å². The first kappa shape index (κ1) is 19.0. The van der Waals surface area contributed by atoms with Crippen LogP contribution in [0.5, 0.6) is 0 Å². The van der Waals surface area contributed by atoms with Gasteiger partial charge in [-0.25, -0.2) is 0 Å². The zero-order chi connectivity index (χ0) is 18.0. The second kappa shape index (κ2) is 7.28. The second-order valence-electron chi connectivity index (χ2n) is 7.49. The Bertz CT molecular complexity index is 540. The van der Waals surface area contributed by atoms with Crippen LogP contribution in [0.1, 0.15) is 58.9 Å². The highest BCUT2D eigenvalue weighted by molar-refractivity contribution is 6.48. The molecule has 1 fully saturated rings. The first-order chi connectivity index (χ1) is 11.2. The van der Waals surface area contributed by atoms with Crippen molar-refractivity contribution in [1.82, 2.24) is 0 Å². The molecule has 0 aromatic heterocycles. The van der Waals surface area contributed by atoms with E-state index in [1.165, 1.54) is 12.7 Å². The molecular weight excluding hydrogens is 303 g/mol. The Labute approximate surface area is 146 Å². The Kier molecular flexibility index (Phi) is 5.76. The van der Waals surface area contributed by atoms with Crippen molar-refractivity contribution in [1.29, 1.82) is 0 Å². The zero-order valence-electron chi connectivity index (χ0n) is 15.7. The van der Waals surface area contributed by atoms with Crippen LogP contribution in [0.4, 0.5) is 0 Å². The highest BCUT2D eigenvalue weighted by Crippen LogP contribution is 2.46. The monoisotopic (exact) mass is 332 g/mol. The van der Waals surface area contributed by atoms with Crippen LogP contribution in [0, 0.1) is 0 Å². The molecule has 0 radical (unpaired) electrons. The highest BCUT2D eigenvalue weighted by atomic mass is 16.7. The lowest BCUT2D eigenvalue weighted by Crippen LogP contribution is -2.41. The summed E-state index contributed by atoms with van der Waals surface area (Å²) in [5.41, 5.74) is 0.366. The van der Waals surface area contributed by atoms with Gasteiger partial charge >= 0.3 is 13.1 Å². The minimum Gasteiger partial charge on any atom is -0.469 e. The number of carbonyl (C=O) groups excluding carboxylic acids is 1. The first-order valence-electron chi connectivity index (χ1n) is 8.69. The van der Waals surface area contributed by atoms with Crippen LogP contribution >= 0.6 is 0 Å². The molecule has 0 unspecified atom stereocenters. The molecule has 132 valence electrons. The molecular formula is C19H29BO4. The molecule has 1 aliphatic rings. The second-order valence-corrected chi connectivity index (χ2v) is 7.49. The molecule has 2 rings (SSSR count). The van der Waals surface area contributed by atoms with E-state index in [1.807, 2.05) is 45.9 Å². The van der Waals surface area contributed by atoms with Crippen molar-refractivity contribution in [2.45, 2.75) is 70.4 Å². The minimum atomic E-state index is -0.431. The van der Waals surface area contributed by atoms with Crippen LogP contribution in [0.3, 0.4) is 0 Å². The molecule has 0 aliphatic carbocycles. The first-order valence-corrected chi connectivity index (χ1v) is 8.69. The van der Waals surface area contributed by atoms with Crippen molar-refractivity contribution in [3.8, 4) is 0 Å². The molecule has 1 heterocycles. The summed E-state index contributed by atoms with van der Waals surface area (Å²) in [6.07, 6.45) is 1.18. The molecule has 2 atom stereocenters. The Morgan fingerprint density at radius 3 is 2.12 bits per heavy atom. The minimum absolute atomic E-state index is 0.0918. The van der Waals surface area contributed by atoms with Gasteiger partial charge in [0.1, 0.15) is 0 Å². The van der Waals surface area contributed by atoms with E-state index in [-0.39, 0.29) is 24.1 Å². The molecule has 24 heavy (non-hydrogen) atoms. The molecule has 5 heteroatoms. The largest absolute Gasteiger partial charge is 0.469 e. The molecule has 0 amide bonds. The Balaban J connectivity index is 2.33. The molecule has 4 nitrogen and oxygen atoms in total. The van der Waals surface area contributed by atoms with Gasteiger partial charge in [0, 0.05) is 12.2 Å². The maximum absolute atomic E-state index is 12.0. The summed E-state index contributed by atoms with van der Waals surface area (Å²) in [6.45, 7) is 10.3. The van der Waals surface area contributed by atoms with Crippen LogP contribution in [0.25, 0.3) is 0 Å². The molecule has 0 spiro atoms. The van der Waals surface area contributed by atoms with Gasteiger partial charge in [0.05, 0.1) is 18.3 Å². The number of hydrogen-bond acceptors (Lipinski definition) is 4. The number of esters is 1. The fourth-order valence-corrected chi connectivity index (χ4v) is 3.25. The van der Waals surface area contributed by atoms with Crippen molar-refractivity contribution in [2.24, 2.45) is 0 Å². The number of methoxy groups -OCH3 is 1. The smallest absolute Gasteiger partial charge is 0.462 e. The summed E-state index contributed by atoms with van der Waals surface area (Å²) >= 11 is 0. The number of carbonyl (C=O) groups is 1. The van der Waals surface area contributed by atoms with Gasteiger partial charge in [0.25, 0.3) is 0 Å². The number of ether oxygens (including phenoxy) is 1. The van der Waals surface area contributed by atoms with Gasteiger partial charge < -0.3 is 14.0 Å². The van der Waals surface area contributed by atoms with Crippen LogP contribution in [-0.4, -0.2) is 31.4 Å². The Morgan fingerprint density at radius 1 is 1.12 bits per heavy atom. The van der Waals surface area contributed by atoms with E-state index in [9.17, 15) is 4.79 Å². The molecule has 0 bridgehead atoms.